The maximum atomic E-state index is 15.1. The Labute approximate surface area is 262 Å². The lowest BCUT2D eigenvalue weighted by Crippen LogP contribution is -2.60. The highest BCUT2D eigenvalue weighted by molar-refractivity contribution is 6.58. The smallest absolute Gasteiger partial charge is 0.258 e. The molecule has 45 heavy (non-hydrogen) atoms. The van der Waals surface area contributed by atoms with E-state index in [1.54, 1.807) is 13.0 Å². The number of carbonyl (C=O) groups is 4. The van der Waals surface area contributed by atoms with Crippen LogP contribution in [0.15, 0.2) is 29.8 Å². The molecule has 6 atom stereocenters. The highest BCUT2D eigenvalue weighted by Crippen LogP contribution is 2.66. The molecule has 4 aliphatic rings. The van der Waals surface area contributed by atoms with Crippen LogP contribution in [0.1, 0.15) is 37.7 Å². The molecule has 4 amide bonds. The van der Waals surface area contributed by atoms with Crippen LogP contribution in [0.2, 0.25) is 0 Å². The molecule has 2 heterocycles. The summed E-state index contributed by atoms with van der Waals surface area (Å²) in [7, 11) is 1.23. The van der Waals surface area contributed by atoms with Crippen molar-refractivity contribution in [2.45, 2.75) is 41.9 Å². The van der Waals surface area contributed by atoms with Crippen LogP contribution in [-0.2, 0) is 19.2 Å². The minimum atomic E-state index is -2.65. The van der Waals surface area contributed by atoms with Crippen molar-refractivity contribution < 1.29 is 51.0 Å². The van der Waals surface area contributed by atoms with Gasteiger partial charge in [-0.25, -0.2) is 26.9 Å². The third-order valence-electron chi connectivity index (χ3n) is 9.30. The van der Waals surface area contributed by atoms with Gasteiger partial charge in [-0.3, -0.25) is 24.1 Å². The van der Waals surface area contributed by atoms with E-state index in [0.717, 1.165) is 4.90 Å². The molecule has 238 valence electrons. The first kappa shape index (κ1) is 31.3. The molecule has 0 radical (unpaired) electrons. The number of fused-ring (bicyclic) bond motifs is 4. The number of carbonyl (C=O) groups excluding carboxylic acids is 4. The van der Waals surface area contributed by atoms with Gasteiger partial charge in [0, 0.05) is 12.5 Å². The Hall–Kier alpha value is -3.71. The SMILES string of the molecule is CCCN1C(=O)C2CC=C3C(CC4(Cl)C(=O)N(c5c(F)c(F)c(F)c(F)c5F)C(=O)C4(Cl)C3c3ccc(O)c(OC)c3)C2C1=O. The van der Waals surface area contributed by atoms with Crippen molar-refractivity contribution in [1.29, 1.82) is 0 Å². The van der Waals surface area contributed by atoms with Crippen molar-refractivity contribution in [3.8, 4) is 11.5 Å². The van der Waals surface area contributed by atoms with Crippen LogP contribution in [-0.4, -0.2) is 57.0 Å². The lowest BCUT2D eigenvalue weighted by Gasteiger charge is -2.50. The van der Waals surface area contributed by atoms with Crippen molar-refractivity contribution in [3.05, 3.63) is 64.5 Å². The van der Waals surface area contributed by atoms with E-state index in [0.29, 0.717) is 12.0 Å². The minimum absolute atomic E-state index is 0.0404. The number of imide groups is 2. The second-order valence-corrected chi connectivity index (χ2v) is 12.7. The summed E-state index contributed by atoms with van der Waals surface area (Å²) in [5, 5.41) is 10.3. The molecular weight excluding hydrogens is 650 g/mol. The fraction of sp³-hybridized carbons (Fsp3) is 0.400. The first-order valence-corrected chi connectivity index (χ1v) is 14.6. The van der Waals surface area contributed by atoms with E-state index in [9.17, 15) is 37.5 Å². The van der Waals surface area contributed by atoms with Gasteiger partial charge >= 0.3 is 0 Å². The van der Waals surface area contributed by atoms with Crippen LogP contribution < -0.4 is 9.64 Å². The molecule has 2 aliphatic carbocycles. The number of ether oxygens (including phenoxy) is 1. The maximum absolute atomic E-state index is 15.1. The third kappa shape index (κ3) is 3.89. The van der Waals surface area contributed by atoms with Gasteiger partial charge in [0.05, 0.1) is 18.9 Å². The number of phenols is 1. The Morgan fingerprint density at radius 3 is 2.16 bits per heavy atom. The number of amides is 4. The van der Waals surface area contributed by atoms with E-state index < -0.39 is 98.2 Å². The number of likely N-dealkylation sites (tertiary alicyclic amines) is 1. The summed E-state index contributed by atoms with van der Waals surface area (Å²) in [5.41, 5.74) is -1.44. The number of benzene rings is 2. The minimum Gasteiger partial charge on any atom is -0.504 e. The Kier molecular flexibility index (Phi) is 7.24. The third-order valence-corrected chi connectivity index (χ3v) is 10.7. The van der Waals surface area contributed by atoms with E-state index in [1.807, 2.05) is 0 Å². The van der Waals surface area contributed by atoms with Crippen molar-refractivity contribution in [1.82, 2.24) is 4.90 Å². The summed E-state index contributed by atoms with van der Waals surface area (Å²) in [6.07, 6.45) is 1.51. The van der Waals surface area contributed by atoms with Crippen molar-refractivity contribution >= 4 is 52.5 Å². The fourth-order valence-corrected chi connectivity index (χ4v) is 8.26. The summed E-state index contributed by atoms with van der Waals surface area (Å²) in [6.45, 7) is 1.90. The fourth-order valence-electron chi connectivity index (χ4n) is 7.32. The molecular formula is C30H23Cl2F5N2O6. The van der Waals surface area contributed by atoms with E-state index in [-0.39, 0.29) is 34.9 Å². The second kappa shape index (κ2) is 10.4. The standard InChI is InChI=1S/C30H23Cl2F5N2O6/c1-3-8-38-25(41)13-6-5-12-14(17(13)26(38)42)10-29(31)27(43)39(24-22(36)20(34)19(33)21(35)23(24)37)28(44)30(29,32)18(12)11-4-7-15(40)16(9-11)45-2/h4-5,7,9,13-14,17-18,40H,3,6,8,10H2,1-2H3. The van der Waals surface area contributed by atoms with Crippen LogP contribution >= 0.6 is 23.2 Å². The molecule has 2 aliphatic heterocycles. The monoisotopic (exact) mass is 672 g/mol. The average molecular weight is 673 g/mol. The molecule has 0 bridgehead atoms. The average Bonchev–Trinajstić information content (AvgIpc) is 3.34. The predicted molar refractivity (Wildman–Crippen MR) is 148 cm³/mol. The molecule has 6 unspecified atom stereocenters. The number of nitrogens with zero attached hydrogens (tertiary/aromatic N) is 2. The van der Waals surface area contributed by atoms with Gasteiger partial charge in [0.2, 0.25) is 17.6 Å². The Morgan fingerprint density at radius 1 is 0.933 bits per heavy atom. The Morgan fingerprint density at radius 2 is 1.56 bits per heavy atom. The lowest BCUT2D eigenvalue weighted by atomic mass is 9.56. The number of allylic oxidation sites excluding steroid dienone is 2. The first-order valence-electron chi connectivity index (χ1n) is 13.9. The molecule has 0 aromatic heterocycles. The number of hydrogen-bond acceptors (Lipinski definition) is 6. The van der Waals surface area contributed by atoms with Gasteiger partial charge in [-0.15, -0.1) is 23.2 Å². The highest BCUT2D eigenvalue weighted by Gasteiger charge is 2.77. The van der Waals surface area contributed by atoms with E-state index in [1.165, 1.54) is 25.3 Å². The molecule has 2 saturated heterocycles. The number of halogens is 7. The number of aromatic hydroxyl groups is 1. The molecule has 0 spiro atoms. The number of rotatable bonds is 5. The van der Waals surface area contributed by atoms with Crippen LogP contribution in [0.3, 0.4) is 0 Å². The Bertz CT molecular complexity index is 1730. The number of anilines is 1. The van der Waals surface area contributed by atoms with Gasteiger partial charge in [-0.1, -0.05) is 24.6 Å². The number of alkyl halides is 2. The van der Waals surface area contributed by atoms with E-state index in [4.69, 9.17) is 27.9 Å². The van der Waals surface area contributed by atoms with Crippen molar-refractivity contribution in [2.75, 3.05) is 18.6 Å². The summed E-state index contributed by atoms with van der Waals surface area (Å²) >= 11 is 14.1. The summed E-state index contributed by atoms with van der Waals surface area (Å²) < 4.78 is 77.9. The lowest BCUT2D eigenvalue weighted by molar-refractivity contribution is -0.140. The van der Waals surface area contributed by atoms with Gasteiger partial charge in [0.15, 0.2) is 44.5 Å². The summed E-state index contributed by atoms with van der Waals surface area (Å²) in [4.78, 5) is 50.8. The van der Waals surface area contributed by atoms with Crippen LogP contribution in [0, 0.1) is 46.8 Å². The van der Waals surface area contributed by atoms with Crippen molar-refractivity contribution in [2.24, 2.45) is 17.8 Å². The molecule has 2 aromatic rings. The molecule has 1 saturated carbocycles. The number of phenolic OH excluding ortho intramolecular Hbond substituents is 1. The normalized spacial score (nSPS) is 30.8. The zero-order valence-electron chi connectivity index (χ0n) is 23.5. The molecule has 3 fully saturated rings. The first-order chi connectivity index (χ1) is 21.2. The quantitative estimate of drug-likeness (QED) is 0.119. The molecule has 1 N–H and O–H groups in total. The van der Waals surface area contributed by atoms with Crippen LogP contribution in [0.5, 0.6) is 11.5 Å². The van der Waals surface area contributed by atoms with Gasteiger partial charge < -0.3 is 9.84 Å². The molecule has 2 aromatic carbocycles. The second-order valence-electron chi connectivity index (χ2n) is 11.5. The van der Waals surface area contributed by atoms with E-state index in [2.05, 4.69) is 0 Å². The summed E-state index contributed by atoms with van der Waals surface area (Å²) in [5.74, 6) is -21.2. The molecule has 6 rings (SSSR count). The van der Waals surface area contributed by atoms with Gasteiger partial charge in [-0.05, 0) is 42.9 Å². The van der Waals surface area contributed by atoms with Crippen LogP contribution in [0.25, 0.3) is 0 Å². The number of methoxy groups -OCH3 is 1. The topological polar surface area (TPSA) is 104 Å². The van der Waals surface area contributed by atoms with Crippen molar-refractivity contribution in [3.63, 3.8) is 0 Å². The predicted octanol–water partition coefficient (Wildman–Crippen LogP) is 5.07. The maximum Gasteiger partial charge on any atom is 0.258 e. The van der Waals surface area contributed by atoms with Gasteiger partial charge in [-0.2, -0.15) is 0 Å². The summed E-state index contributed by atoms with van der Waals surface area (Å²) in [6, 6.07) is 3.79. The zero-order valence-corrected chi connectivity index (χ0v) is 25.0. The van der Waals surface area contributed by atoms with E-state index >= 15 is 8.78 Å². The molecule has 8 nitrogen and oxygen atoms in total. The number of hydrogen-bond donors (Lipinski definition) is 1. The zero-order chi connectivity index (χ0) is 32.9. The van der Waals surface area contributed by atoms with Crippen LogP contribution in [0.4, 0.5) is 27.6 Å². The van der Waals surface area contributed by atoms with Gasteiger partial charge in [0.25, 0.3) is 11.8 Å². The Balaban J connectivity index is 1.60. The largest absolute Gasteiger partial charge is 0.504 e. The highest BCUT2D eigenvalue weighted by atomic mass is 35.5. The molecule has 15 heteroatoms. The van der Waals surface area contributed by atoms with Gasteiger partial charge in [0.1, 0.15) is 5.69 Å².